The number of pyridine rings is 1. The molecule has 8 nitrogen and oxygen atoms in total. The molecule has 25 heavy (non-hydrogen) atoms. The minimum absolute atomic E-state index is 0.00893. The van der Waals surface area contributed by atoms with E-state index in [2.05, 4.69) is 15.0 Å². The smallest absolute Gasteiger partial charge is 0.396 e. The Morgan fingerprint density at radius 2 is 1.84 bits per heavy atom. The van der Waals surface area contributed by atoms with Gasteiger partial charge >= 0.3 is 17.8 Å². The van der Waals surface area contributed by atoms with Crippen molar-refractivity contribution in [2.45, 2.75) is 31.8 Å². The molecular weight excluding hydrogens is 335 g/mol. The maximum absolute atomic E-state index is 14.1. The van der Waals surface area contributed by atoms with Gasteiger partial charge in [0.1, 0.15) is 6.10 Å². The van der Waals surface area contributed by atoms with Crippen molar-refractivity contribution >= 4 is 23.5 Å². The van der Waals surface area contributed by atoms with Crippen LogP contribution in [0.25, 0.3) is 0 Å². The van der Waals surface area contributed by atoms with Crippen molar-refractivity contribution in [2.24, 2.45) is 5.92 Å². The topological polar surface area (TPSA) is 104 Å². The minimum atomic E-state index is -1.09. The number of hydrogen-bond donors (Lipinski definition) is 1. The third kappa shape index (κ3) is 4.88. The van der Waals surface area contributed by atoms with Crippen LogP contribution in [0.5, 0.6) is 5.88 Å². The molecule has 0 atom stereocenters. The summed E-state index contributed by atoms with van der Waals surface area (Å²) in [7, 11) is 2.41. The van der Waals surface area contributed by atoms with Gasteiger partial charge in [-0.3, -0.25) is 9.59 Å². The van der Waals surface area contributed by atoms with E-state index in [4.69, 9.17) is 9.47 Å². The number of hydrogen-bond acceptors (Lipinski definition) is 7. The number of halogens is 1. The van der Waals surface area contributed by atoms with Crippen LogP contribution in [0.2, 0.25) is 0 Å². The molecule has 1 fully saturated rings. The van der Waals surface area contributed by atoms with Crippen LogP contribution in [0.1, 0.15) is 25.7 Å². The molecule has 0 saturated heterocycles. The van der Waals surface area contributed by atoms with Gasteiger partial charge in [-0.1, -0.05) is 0 Å². The summed E-state index contributed by atoms with van der Waals surface area (Å²) < 4.78 is 28.6. The Morgan fingerprint density at radius 3 is 2.40 bits per heavy atom. The average molecular weight is 354 g/mol. The van der Waals surface area contributed by atoms with Crippen molar-refractivity contribution in [2.75, 3.05) is 19.5 Å². The number of nitrogens with one attached hydrogen (secondary N) is 1. The summed E-state index contributed by atoms with van der Waals surface area (Å²) in [4.78, 5) is 37.7. The fourth-order valence-electron chi connectivity index (χ4n) is 2.60. The first kappa shape index (κ1) is 18.6. The van der Waals surface area contributed by atoms with E-state index in [-0.39, 0.29) is 29.6 Å². The van der Waals surface area contributed by atoms with Gasteiger partial charge in [0.2, 0.25) is 0 Å². The van der Waals surface area contributed by atoms with Gasteiger partial charge in [0.05, 0.1) is 32.0 Å². The Kier molecular flexibility index (Phi) is 6.26. The number of ether oxygens (including phenoxy) is 3. The van der Waals surface area contributed by atoms with Crippen molar-refractivity contribution < 1.29 is 33.0 Å². The zero-order valence-electron chi connectivity index (χ0n) is 13.9. The quantitative estimate of drug-likeness (QED) is 0.644. The standard InChI is InChI=1S/C16H19FN2O6/c1-23-15(21)9-3-5-11(6-4-9)25-14-12(17)7-10(8-18-14)19-13(20)16(22)24-2/h7-9,11H,3-6H2,1-2H3,(H,19,20)/t9-,11+. The van der Waals surface area contributed by atoms with Crippen LogP contribution in [0.15, 0.2) is 12.3 Å². The highest BCUT2D eigenvalue weighted by Crippen LogP contribution is 2.29. The average Bonchev–Trinajstić information content (AvgIpc) is 2.63. The second-order valence-electron chi connectivity index (χ2n) is 5.57. The fraction of sp³-hybridized carbons (Fsp3) is 0.500. The molecule has 1 aliphatic rings. The number of aromatic nitrogens is 1. The van der Waals surface area contributed by atoms with Crippen LogP contribution < -0.4 is 10.1 Å². The monoisotopic (exact) mass is 354 g/mol. The molecule has 1 heterocycles. The van der Waals surface area contributed by atoms with Crippen molar-refractivity contribution in [3.05, 3.63) is 18.1 Å². The molecular formula is C16H19FN2O6. The van der Waals surface area contributed by atoms with Crippen LogP contribution in [-0.2, 0) is 23.9 Å². The van der Waals surface area contributed by atoms with E-state index in [0.29, 0.717) is 25.7 Å². The lowest BCUT2D eigenvalue weighted by Crippen LogP contribution is -2.29. The van der Waals surface area contributed by atoms with E-state index in [0.717, 1.165) is 13.2 Å². The number of anilines is 1. The van der Waals surface area contributed by atoms with Crippen molar-refractivity contribution in [3.8, 4) is 5.88 Å². The number of nitrogens with zero attached hydrogens (tertiary/aromatic N) is 1. The number of carbonyl (C=O) groups is 3. The Bertz CT molecular complexity index is 658. The normalized spacial score (nSPS) is 19.6. The summed E-state index contributed by atoms with van der Waals surface area (Å²) in [6, 6.07) is 1.00. The predicted molar refractivity (Wildman–Crippen MR) is 83.2 cm³/mol. The van der Waals surface area contributed by atoms with Gasteiger partial charge in [-0.05, 0) is 25.7 Å². The lowest BCUT2D eigenvalue weighted by atomic mass is 9.87. The lowest BCUT2D eigenvalue weighted by Gasteiger charge is -2.27. The fourth-order valence-corrected chi connectivity index (χ4v) is 2.60. The van der Waals surface area contributed by atoms with Gasteiger partial charge < -0.3 is 19.5 Å². The van der Waals surface area contributed by atoms with E-state index in [9.17, 15) is 18.8 Å². The third-order valence-electron chi connectivity index (χ3n) is 3.92. The highest BCUT2D eigenvalue weighted by Gasteiger charge is 2.28. The molecule has 136 valence electrons. The zero-order valence-corrected chi connectivity index (χ0v) is 13.9. The Hall–Kier alpha value is -2.71. The second-order valence-corrected chi connectivity index (χ2v) is 5.57. The highest BCUT2D eigenvalue weighted by atomic mass is 19.1. The number of carbonyl (C=O) groups excluding carboxylic acids is 3. The second kappa shape index (κ2) is 8.41. The van der Waals surface area contributed by atoms with Gasteiger partial charge in [0, 0.05) is 6.07 Å². The molecule has 1 saturated carbocycles. The molecule has 0 aliphatic heterocycles. The summed E-state index contributed by atoms with van der Waals surface area (Å²) in [6.45, 7) is 0. The van der Waals surface area contributed by atoms with Crippen LogP contribution in [0.3, 0.4) is 0 Å². The predicted octanol–water partition coefficient (Wildman–Crippen LogP) is 1.44. The van der Waals surface area contributed by atoms with E-state index in [1.807, 2.05) is 0 Å². The highest BCUT2D eigenvalue weighted by molar-refractivity contribution is 6.37. The minimum Gasteiger partial charge on any atom is -0.472 e. The zero-order chi connectivity index (χ0) is 18.4. The van der Waals surface area contributed by atoms with Crippen LogP contribution >= 0.6 is 0 Å². The van der Waals surface area contributed by atoms with E-state index in [1.54, 1.807) is 0 Å². The van der Waals surface area contributed by atoms with Gasteiger partial charge in [-0.25, -0.2) is 14.2 Å². The molecule has 0 spiro atoms. The Labute approximate surface area is 143 Å². The number of esters is 2. The largest absolute Gasteiger partial charge is 0.472 e. The van der Waals surface area contributed by atoms with Crippen LogP contribution in [0, 0.1) is 11.7 Å². The maximum Gasteiger partial charge on any atom is 0.396 e. The number of methoxy groups -OCH3 is 2. The number of amides is 1. The maximum atomic E-state index is 14.1. The van der Waals surface area contributed by atoms with E-state index in [1.165, 1.54) is 13.3 Å². The Balaban J connectivity index is 1.92. The molecule has 1 aliphatic carbocycles. The molecule has 1 amide bonds. The molecule has 0 unspecified atom stereocenters. The van der Waals surface area contributed by atoms with E-state index >= 15 is 0 Å². The van der Waals surface area contributed by atoms with Gasteiger partial charge in [0.25, 0.3) is 5.88 Å². The molecule has 2 rings (SSSR count). The van der Waals surface area contributed by atoms with Gasteiger partial charge in [-0.15, -0.1) is 0 Å². The van der Waals surface area contributed by atoms with Crippen molar-refractivity contribution in [3.63, 3.8) is 0 Å². The molecule has 0 bridgehead atoms. The van der Waals surface area contributed by atoms with Crippen LogP contribution in [-0.4, -0.2) is 43.2 Å². The lowest BCUT2D eigenvalue weighted by molar-refractivity contribution is -0.150. The molecule has 0 aromatic carbocycles. The first-order valence-corrected chi connectivity index (χ1v) is 7.74. The third-order valence-corrected chi connectivity index (χ3v) is 3.92. The SMILES string of the molecule is COC(=O)C(=O)Nc1cnc(O[C@H]2CC[C@@H](C(=O)OC)CC2)c(F)c1. The van der Waals surface area contributed by atoms with Gasteiger partial charge in [-0.2, -0.15) is 0 Å². The Morgan fingerprint density at radius 1 is 1.16 bits per heavy atom. The molecule has 1 aromatic heterocycles. The summed E-state index contributed by atoms with van der Waals surface area (Å²) in [5, 5.41) is 2.17. The summed E-state index contributed by atoms with van der Waals surface area (Å²) in [5.74, 6) is -3.48. The van der Waals surface area contributed by atoms with Crippen LogP contribution in [0.4, 0.5) is 10.1 Å². The summed E-state index contributed by atoms with van der Waals surface area (Å²) >= 11 is 0. The summed E-state index contributed by atoms with van der Waals surface area (Å²) in [5.41, 5.74) is 0.00893. The first-order valence-electron chi connectivity index (χ1n) is 7.74. The van der Waals surface area contributed by atoms with Crippen molar-refractivity contribution in [1.82, 2.24) is 4.98 Å². The molecule has 9 heteroatoms. The first-order chi connectivity index (χ1) is 11.9. The number of rotatable bonds is 4. The van der Waals surface area contributed by atoms with Gasteiger partial charge in [0.15, 0.2) is 5.82 Å². The molecule has 1 aromatic rings. The summed E-state index contributed by atoms with van der Waals surface area (Å²) in [6.07, 6.45) is 3.31. The molecule has 0 radical (unpaired) electrons. The molecule has 1 N–H and O–H groups in total. The van der Waals surface area contributed by atoms with Crippen molar-refractivity contribution in [1.29, 1.82) is 0 Å². The van der Waals surface area contributed by atoms with E-state index < -0.39 is 17.7 Å².